The number of fused-ring (bicyclic) bond motifs is 1. The molecule has 0 amide bonds. The Balaban J connectivity index is 1.84. The van der Waals surface area contributed by atoms with Crippen LogP contribution in [-0.4, -0.2) is 9.55 Å². The van der Waals surface area contributed by atoms with E-state index in [0.717, 1.165) is 11.3 Å². The first-order valence-corrected chi connectivity index (χ1v) is 9.49. The maximum absolute atomic E-state index is 13.2. The molecule has 0 aliphatic rings. The average Bonchev–Trinajstić information content (AvgIpc) is 2.73. The van der Waals surface area contributed by atoms with Crippen LogP contribution in [0.25, 0.3) is 28.7 Å². The quantitative estimate of drug-likeness (QED) is 0.466. The maximum atomic E-state index is 13.2. The van der Waals surface area contributed by atoms with Crippen LogP contribution in [0.15, 0.2) is 83.7 Å². The Hall–Kier alpha value is -3.46. The summed E-state index contributed by atoms with van der Waals surface area (Å²) in [5.74, 6) is 1.12. The zero-order chi connectivity index (χ0) is 19.5. The number of para-hydroxylation sites is 2. The molecular weight excluding hydrogens is 344 g/mol. The molecule has 1 aromatic heterocycles. The lowest BCUT2D eigenvalue weighted by molar-refractivity contribution is 0.866. The highest BCUT2D eigenvalue weighted by Crippen LogP contribution is 2.18. The van der Waals surface area contributed by atoms with Gasteiger partial charge in [0.15, 0.2) is 0 Å². The van der Waals surface area contributed by atoms with E-state index in [2.05, 4.69) is 38.1 Å². The van der Waals surface area contributed by atoms with Crippen LogP contribution >= 0.6 is 0 Å². The molecule has 0 N–H and O–H groups in total. The molecule has 0 atom stereocenters. The summed E-state index contributed by atoms with van der Waals surface area (Å²) in [6.45, 7) is 4.37. The van der Waals surface area contributed by atoms with Crippen molar-refractivity contribution in [2.24, 2.45) is 0 Å². The minimum atomic E-state index is -0.0633. The van der Waals surface area contributed by atoms with Crippen LogP contribution in [0.2, 0.25) is 0 Å². The number of benzene rings is 3. The van der Waals surface area contributed by atoms with Gasteiger partial charge in [-0.15, -0.1) is 0 Å². The third-order valence-corrected chi connectivity index (χ3v) is 4.84. The normalized spacial score (nSPS) is 11.5. The van der Waals surface area contributed by atoms with Crippen molar-refractivity contribution in [3.8, 4) is 5.69 Å². The van der Waals surface area contributed by atoms with Crippen molar-refractivity contribution in [3.05, 3.63) is 106 Å². The molecule has 4 aromatic rings. The zero-order valence-electron chi connectivity index (χ0n) is 16.0. The molecule has 4 rings (SSSR count). The first kappa shape index (κ1) is 17.9. The van der Waals surface area contributed by atoms with Crippen molar-refractivity contribution in [2.75, 3.05) is 0 Å². The molecule has 3 aromatic carbocycles. The first-order valence-electron chi connectivity index (χ1n) is 9.49. The fourth-order valence-electron chi connectivity index (χ4n) is 3.25. The highest BCUT2D eigenvalue weighted by molar-refractivity contribution is 5.80. The Morgan fingerprint density at radius 2 is 1.50 bits per heavy atom. The Bertz CT molecular complexity index is 1190. The molecule has 0 aliphatic carbocycles. The lowest BCUT2D eigenvalue weighted by Crippen LogP contribution is -2.22. The number of aromatic nitrogens is 2. The minimum absolute atomic E-state index is 0.0633. The van der Waals surface area contributed by atoms with Gasteiger partial charge < -0.3 is 0 Å². The molecule has 0 saturated carbocycles. The zero-order valence-corrected chi connectivity index (χ0v) is 16.0. The van der Waals surface area contributed by atoms with Gasteiger partial charge in [-0.2, -0.15) is 0 Å². The fraction of sp³-hybridized carbons (Fsp3) is 0.120. The van der Waals surface area contributed by atoms with E-state index < -0.39 is 0 Å². The third-order valence-electron chi connectivity index (χ3n) is 4.84. The first-order chi connectivity index (χ1) is 13.6. The summed E-state index contributed by atoms with van der Waals surface area (Å²) in [7, 11) is 0. The van der Waals surface area contributed by atoms with Gasteiger partial charge in [0, 0.05) is 0 Å². The second-order valence-corrected chi connectivity index (χ2v) is 7.12. The molecule has 3 nitrogen and oxygen atoms in total. The molecule has 138 valence electrons. The van der Waals surface area contributed by atoms with Crippen LogP contribution in [0.1, 0.15) is 36.7 Å². The molecule has 0 aliphatic heterocycles. The molecule has 0 radical (unpaired) electrons. The van der Waals surface area contributed by atoms with Gasteiger partial charge in [0.05, 0.1) is 16.6 Å². The van der Waals surface area contributed by atoms with E-state index in [-0.39, 0.29) is 5.56 Å². The predicted molar refractivity (Wildman–Crippen MR) is 117 cm³/mol. The highest BCUT2D eigenvalue weighted by Gasteiger charge is 2.10. The van der Waals surface area contributed by atoms with Crippen molar-refractivity contribution in [3.63, 3.8) is 0 Å². The molecule has 0 unspecified atom stereocenters. The third kappa shape index (κ3) is 3.52. The van der Waals surface area contributed by atoms with E-state index in [0.29, 0.717) is 22.6 Å². The largest absolute Gasteiger partial charge is 0.268 e. The summed E-state index contributed by atoms with van der Waals surface area (Å²) in [4.78, 5) is 17.9. The van der Waals surface area contributed by atoms with E-state index >= 15 is 0 Å². The topological polar surface area (TPSA) is 34.9 Å². The van der Waals surface area contributed by atoms with E-state index in [1.54, 1.807) is 4.57 Å². The molecule has 28 heavy (non-hydrogen) atoms. The molecule has 0 saturated heterocycles. The predicted octanol–water partition coefficient (Wildman–Crippen LogP) is 5.68. The second kappa shape index (κ2) is 7.65. The van der Waals surface area contributed by atoms with Crippen LogP contribution in [0.3, 0.4) is 0 Å². The molecular formula is C25H22N2O. The van der Waals surface area contributed by atoms with Crippen LogP contribution in [-0.2, 0) is 0 Å². The Morgan fingerprint density at radius 1 is 0.821 bits per heavy atom. The molecule has 3 heteroatoms. The minimum Gasteiger partial charge on any atom is -0.268 e. The molecule has 1 heterocycles. The van der Waals surface area contributed by atoms with Crippen molar-refractivity contribution >= 4 is 23.1 Å². The van der Waals surface area contributed by atoms with Gasteiger partial charge in [-0.1, -0.05) is 74.5 Å². The van der Waals surface area contributed by atoms with Crippen molar-refractivity contribution in [2.45, 2.75) is 19.8 Å². The average molecular weight is 366 g/mol. The summed E-state index contributed by atoms with van der Waals surface area (Å²) in [6.07, 6.45) is 3.91. The Kier molecular flexibility index (Phi) is 4.90. The van der Waals surface area contributed by atoms with Gasteiger partial charge in [-0.05, 0) is 47.4 Å². The van der Waals surface area contributed by atoms with Gasteiger partial charge in [-0.3, -0.25) is 9.36 Å². The van der Waals surface area contributed by atoms with Gasteiger partial charge in [-0.25, -0.2) is 4.98 Å². The van der Waals surface area contributed by atoms with Gasteiger partial charge in [0.2, 0.25) is 0 Å². The fourth-order valence-corrected chi connectivity index (χ4v) is 3.25. The summed E-state index contributed by atoms with van der Waals surface area (Å²) >= 11 is 0. The van der Waals surface area contributed by atoms with Crippen molar-refractivity contribution in [1.29, 1.82) is 0 Å². The summed E-state index contributed by atoms with van der Waals surface area (Å²) in [5, 5.41) is 0.616. The maximum Gasteiger partial charge on any atom is 0.266 e. The monoisotopic (exact) mass is 366 g/mol. The van der Waals surface area contributed by atoms with Crippen molar-refractivity contribution < 1.29 is 0 Å². The molecule has 0 spiro atoms. The van der Waals surface area contributed by atoms with Gasteiger partial charge in [0.1, 0.15) is 5.82 Å². The summed E-state index contributed by atoms with van der Waals surface area (Å²) < 4.78 is 1.67. The van der Waals surface area contributed by atoms with E-state index in [1.165, 1.54) is 5.56 Å². The van der Waals surface area contributed by atoms with E-state index in [9.17, 15) is 4.79 Å². The molecule has 0 bridgehead atoms. The second-order valence-electron chi connectivity index (χ2n) is 7.12. The van der Waals surface area contributed by atoms with Crippen LogP contribution in [0.5, 0.6) is 0 Å². The number of nitrogens with zero attached hydrogens (tertiary/aromatic N) is 2. The van der Waals surface area contributed by atoms with Gasteiger partial charge >= 0.3 is 0 Å². The lowest BCUT2D eigenvalue weighted by atomic mass is 10.0. The molecule has 0 fully saturated rings. The SMILES string of the molecule is CC(C)c1ccc(/C=C/c2nc3ccccc3c(=O)n2-c2ccccc2)cc1. The summed E-state index contributed by atoms with van der Waals surface area (Å²) in [5.41, 5.74) is 3.83. The Labute approximate surface area is 164 Å². The number of hydrogen-bond acceptors (Lipinski definition) is 2. The van der Waals surface area contributed by atoms with Crippen LogP contribution in [0, 0.1) is 0 Å². The van der Waals surface area contributed by atoms with Crippen LogP contribution in [0.4, 0.5) is 0 Å². The Morgan fingerprint density at radius 3 is 2.21 bits per heavy atom. The van der Waals surface area contributed by atoms with Crippen LogP contribution < -0.4 is 5.56 Å². The van der Waals surface area contributed by atoms with E-state index in [1.807, 2.05) is 66.7 Å². The number of rotatable bonds is 4. The van der Waals surface area contributed by atoms with E-state index in [4.69, 9.17) is 4.98 Å². The summed E-state index contributed by atoms with van der Waals surface area (Å²) in [6, 6.07) is 25.6. The highest BCUT2D eigenvalue weighted by atomic mass is 16.1. The standard InChI is InChI=1S/C25H22N2O/c1-18(2)20-15-12-19(13-16-20)14-17-24-26-23-11-7-6-10-22(23)25(28)27(24)21-8-4-3-5-9-21/h3-18H,1-2H3/b17-14+. The van der Waals surface area contributed by atoms with Crippen molar-refractivity contribution in [1.82, 2.24) is 9.55 Å². The smallest absolute Gasteiger partial charge is 0.266 e. The number of hydrogen-bond donors (Lipinski definition) is 0. The van der Waals surface area contributed by atoms with Gasteiger partial charge in [0.25, 0.3) is 5.56 Å². The lowest BCUT2D eigenvalue weighted by Gasteiger charge is -2.11.